The summed E-state index contributed by atoms with van der Waals surface area (Å²) < 4.78 is 30.5. The molecule has 5 atom stereocenters. The molecule has 2 bridgehead atoms. The fourth-order valence-electron chi connectivity index (χ4n) is 9.11. The molecule has 5 aromatic rings. The number of aliphatic hydroxyl groups excluding tert-OH is 2. The van der Waals surface area contributed by atoms with Crippen molar-refractivity contribution in [3.63, 3.8) is 0 Å². The zero-order valence-corrected chi connectivity index (χ0v) is 34.8. The van der Waals surface area contributed by atoms with Crippen LogP contribution in [0.5, 0.6) is 5.75 Å². The van der Waals surface area contributed by atoms with Gasteiger partial charge in [0.15, 0.2) is 12.2 Å². The average Bonchev–Trinajstić information content (AvgIpc) is 3.25. The molecule has 61 heavy (non-hydrogen) atoms. The molecule has 10 heteroatoms. The number of aryl methyl sites for hydroxylation is 1. The van der Waals surface area contributed by atoms with E-state index >= 15 is 0 Å². The molecule has 0 radical (unpaired) electrons. The lowest BCUT2D eigenvalue weighted by Gasteiger charge is -2.43. The van der Waals surface area contributed by atoms with Crippen LogP contribution in [0, 0.1) is 5.92 Å². The number of benzene rings is 4. The number of allylic oxidation sites excluding steroid dienone is 2. The summed E-state index contributed by atoms with van der Waals surface area (Å²) in [6.45, 7) is 4.51. The first-order valence-electron chi connectivity index (χ1n) is 21.1. The zero-order valence-electron chi connectivity index (χ0n) is 34.8. The van der Waals surface area contributed by atoms with Crippen LogP contribution in [0.1, 0.15) is 96.9 Å². The number of ether oxygens (including phenoxy) is 4. The van der Waals surface area contributed by atoms with E-state index in [1.165, 1.54) is 16.7 Å². The van der Waals surface area contributed by atoms with Crippen LogP contribution in [0.3, 0.4) is 0 Å². The molecule has 4 aromatic carbocycles. The van der Waals surface area contributed by atoms with Crippen molar-refractivity contribution in [2.24, 2.45) is 5.92 Å². The van der Waals surface area contributed by atoms with Gasteiger partial charge in [0.05, 0.1) is 18.8 Å². The maximum atomic E-state index is 14.7. The van der Waals surface area contributed by atoms with Crippen LogP contribution < -0.4 is 10.4 Å². The van der Waals surface area contributed by atoms with Crippen LogP contribution in [0.25, 0.3) is 11.0 Å². The Kier molecular flexibility index (Phi) is 12.4. The SMILES string of the molecule is CC(CO)=C1CCc2ccc(cc2)C2C=CC(c3cccc(Cc4ccccc4)c3)CC2CC(=O)OC2c3c(ccc4cc(CCOCO)c(=O)oc34)OC(C)(C)C2OC1=O. The van der Waals surface area contributed by atoms with Crippen LogP contribution in [0.4, 0.5) is 0 Å². The van der Waals surface area contributed by atoms with Gasteiger partial charge in [0.2, 0.25) is 0 Å². The second-order valence-corrected chi connectivity index (χ2v) is 17.0. The lowest BCUT2D eigenvalue weighted by atomic mass is 9.72. The van der Waals surface area contributed by atoms with E-state index in [2.05, 4.69) is 84.9 Å². The second kappa shape index (κ2) is 18.0. The number of carbonyl (C=O) groups excluding carboxylic acids is 2. The molecule has 5 unspecified atom stereocenters. The third kappa shape index (κ3) is 9.12. The molecule has 3 aliphatic heterocycles. The molecule has 316 valence electrons. The van der Waals surface area contributed by atoms with E-state index in [4.69, 9.17) is 28.5 Å². The lowest BCUT2D eigenvalue weighted by molar-refractivity contribution is -0.188. The Bertz CT molecular complexity index is 2510. The Morgan fingerprint density at radius 3 is 2.39 bits per heavy atom. The van der Waals surface area contributed by atoms with Gasteiger partial charge in [-0.05, 0) is 104 Å². The molecule has 10 nitrogen and oxygen atoms in total. The van der Waals surface area contributed by atoms with E-state index in [-0.39, 0.29) is 55.0 Å². The lowest BCUT2D eigenvalue weighted by Crippen LogP contribution is -2.52. The summed E-state index contributed by atoms with van der Waals surface area (Å²) in [5.41, 5.74) is 5.45. The first-order chi connectivity index (χ1) is 29.5. The van der Waals surface area contributed by atoms with E-state index in [1.807, 2.05) is 6.07 Å². The molecule has 2 N–H and O–H groups in total. The van der Waals surface area contributed by atoms with Crippen molar-refractivity contribution in [3.05, 3.63) is 170 Å². The second-order valence-electron chi connectivity index (χ2n) is 17.0. The van der Waals surface area contributed by atoms with Crippen molar-refractivity contribution in [2.75, 3.05) is 20.0 Å². The van der Waals surface area contributed by atoms with Gasteiger partial charge in [0.25, 0.3) is 0 Å². The highest BCUT2D eigenvalue weighted by Crippen LogP contribution is 2.48. The number of aliphatic hydroxyl groups is 2. The molecule has 0 spiro atoms. The largest absolute Gasteiger partial charge is 0.483 e. The third-order valence-corrected chi connectivity index (χ3v) is 12.4. The molecule has 4 aliphatic rings. The van der Waals surface area contributed by atoms with Gasteiger partial charge in [0, 0.05) is 41.2 Å². The maximum absolute atomic E-state index is 14.7. The highest BCUT2D eigenvalue weighted by molar-refractivity contribution is 5.90. The molecule has 0 amide bonds. The molecule has 1 aromatic heterocycles. The van der Waals surface area contributed by atoms with Gasteiger partial charge in [-0.25, -0.2) is 9.59 Å². The van der Waals surface area contributed by atoms with Gasteiger partial charge < -0.3 is 33.6 Å². The normalized spacial score (nSPS) is 23.3. The smallest absolute Gasteiger partial charge is 0.339 e. The number of fused-ring (bicyclic) bond motifs is 11. The summed E-state index contributed by atoms with van der Waals surface area (Å²) in [5, 5.41) is 19.9. The Hall–Kier alpha value is -5.81. The molecule has 1 aliphatic carbocycles. The molecule has 0 saturated heterocycles. The summed E-state index contributed by atoms with van der Waals surface area (Å²) in [6.07, 6.45) is 4.68. The summed E-state index contributed by atoms with van der Waals surface area (Å²) in [6, 6.07) is 32.6. The van der Waals surface area contributed by atoms with E-state index in [1.54, 1.807) is 39.0 Å². The molecule has 0 saturated carbocycles. The predicted octanol–water partition coefficient (Wildman–Crippen LogP) is 8.35. The zero-order chi connectivity index (χ0) is 42.7. The summed E-state index contributed by atoms with van der Waals surface area (Å²) in [4.78, 5) is 42.4. The van der Waals surface area contributed by atoms with E-state index in [0.717, 1.165) is 17.5 Å². The number of esters is 2. The number of rotatable bonds is 8. The topological polar surface area (TPSA) is 142 Å². The molecule has 9 rings (SSSR count). The number of carbonyl (C=O) groups is 2. The van der Waals surface area contributed by atoms with Crippen molar-refractivity contribution in [1.82, 2.24) is 0 Å². The first-order valence-corrected chi connectivity index (χ1v) is 21.1. The first kappa shape index (κ1) is 41.9. The molecule has 4 heterocycles. The van der Waals surface area contributed by atoms with Gasteiger partial charge in [-0.3, -0.25) is 4.79 Å². The van der Waals surface area contributed by atoms with Crippen LogP contribution in [0.15, 0.2) is 130 Å². The quantitative estimate of drug-likeness (QED) is 0.0392. The van der Waals surface area contributed by atoms with Crippen LogP contribution in [-0.2, 0) is 43.1 Å². The summed E-state index contributed by atoms with van der Waals surface area (Å²) in [7, 11) is 0. The fourth-order valence-corrected chi connectivity index (χ4v) is 9.11. The highest BCUT2D eigenvalue weighted by Gasteiger charge is 2.51. The van der Waals surface area contributed by atoms with Crippen molar-refractivity contribution in [2.45, 2.75) is 88.9 Å². The number of hydrogen-bond donors (Lipinski definition) is 2. The Labute approximate surface area is 355 Å². The monoisotopic (exact) mass is 824 g/mol. The van der Waals surface area contributed by atoms with Gasteiger partial charge in [-0.1, -0.05) is 91.0 Å². The Balaban J connectivity index is 1.20. The van der Waals surface area contributed by atoms with Gasteiger partial charge in [-0.2, -0.15) is 0 Å². The van der Waals surface area contributed by atoms with E-state index in [0.29, 0.717) is 47.1 Å². The van der Waals surface area contributed by atoms with Crippen molar-refractivity contribution >= 4 is 22.9 Å². The maximum Gasteiger partial charge on any atom is 0.339 e. The predicted molar refractivity (Wildman–Crippen MR) is 230 cm³/mol. The standard InChI is InChI=1S/C51H52O10/c1-31(29-52)41-19-14-32-12-15-35(16-13-32)42-20-17-37(36-11-7-10-34(25-36)24-33-8-5-4-6-9-33)26-40(42)28-44(54)58-47-45-43(61-51(2,3)48(47)60-50(41)56)21-18-38-27-39(22-23-57-30-53)49(55)59-46(38)45/h4-13,15-18,20-21,25,27,37,40,42,47-48,52-53H,14,19,22-24,26,28-30H2,1-3H3. The minimum Gasteiger partial charge on any atom is -0.483 e. The molecule has 0 fully saturated rings. The highest BCUT2D eigenvalue weighted by atomic mass is 16.6. The average molecular weight is 825 g/mol. The van der Waals surface area contributed by atoms with Crippen LogP contribution in [-0.4, -0.2) is 53.9 Å². The fraction of sp³-hybridized carbons (Fsp3) is 0.353. The Morgan fingerprint density at radius 1 is 0.836 bits per heavy atom. The van der Waals surface area contributed by atoms with Gasteiger partial charge in [0.1, 0.15) is 23.7 Å². The number of hydrogen-bond acceptors (Lipinski definition) is 10. The Morgan fingerprint density at radius 2 is 1.62 bits per heavy atom. The summed E-state index contributed by atoms with van der Waals surface area (Å²) >= 11 is 0. The van der Waals surface area contributed by atoms with Gasteiger partial charge in [-0.15, -0.1) is 0 Å². The van der Waals surface area contributed by atoms with Crippen LogP contribution >= 0.6 is 0 Å². The van der Waals surface area contributed by atoms with Gasteiger partial charge >= 0.3 is 17.6 Å². The molecular formula is C51H52O10. The van der Waals surface area contributed by atoms with Crippen LogP contribution in [0.2, 0.25) is 0 Å². The minimum atomic E-state index is -1.23. The van der Waals surface area contributed by atoms with Crippen molar-refractivity contribution in [3.8, 4) is 5.75 Å². The van der Waals surface area contributed by atoms with E-state index < -0.39 is 42.2 Å². The van der Waals surface area contributed by atoms with E-state index in [9.17, 15) is 19.5 Å². The van der Waals surface area contributed by atoms with Crippen molar-refractivity contribution < 1.29 is 43.2 Å². The third-order valence-electron chi connectivity index (χ3n) is 12.4. The minimum absolute atomic E-state index is 0.0567. The van der Waals surface area contributed by atoms with Crippen molar-refractivity contribution in [1.29, 1.82) is 0 Å². The summed E-state index contributed by atoms with van der Waals surface area (Å²) in [5.74, 6) is -1.01. The molecular weight excluding hydrogens is 773 g/mol.